The lowest BCUT2D eigenvalue weighted by atomic mass is 10.4. The molecule has 21 heavy (non-hydrogen) atoms. The molecule has 2 aromatic rings. The van der Waals surface area contributed by atoms with Crippen LogP contribution in [0.1, 0.15) is 21.9 Å². The number of rotatable bonds is 6. The van der Waals surface area contributed by atoms with E-state index in [9.17, 15) is 4.79 Å². The van der Waals surface area contributed by atoms with Gasteiger partial charge in [-0.15, -0.1) is 5.10 Å². The fourth-order valence-electron chi connectivity index (χ4n) is 1.90. The first kappa shape index (κ1) is 15.5. The molecule has 0 aliphatic carbocycles. The molecule has 2 aromatic heterocycles. The zero-order valence-electron chi connectivity index (χ0n) is 12.0. The molecule has 2 heterocycles. The van der Waals surface area contributed by atoms with Crippen molar-refractivity contribution < 1.29 is 4.79 Å². The number of aromatic nitrogens is 5. The molecule has 1 amide bonds. The molecule has 114 valence electrons. The Morgan fingerprint density at radius 2 is 2.19 bits per heavy atom. The Labute approximate surface area is 127 Å². The molecule has 0 radical (unpaired) electrons. The van der Waals surface area contributed by atoms with Gasteiger partial charge in [0.1, 0.15) is 0 Å². The Bertz CT molecular complexity index is 634. The third-order valence-electron chi connectivity index (χ3n) is 3.03. The van der Waals surface area contributed by atoms with Gasteiger partial charge in [0.25, 0.3) is 5.91 Å². The summed E-state index contributed by atoms with van der Waals surface area (Å²) in [5.74, 6) is -0.272. The van der Waals surface area contributed by atoms with Crippen LogP contribution in [0.5, 0.6) is 0 Å². The molecule has 3 N–H and O–H groups in total. The van der Waals surface area contributed by atoms with Crippen molar-refractivity contribution in [2.45, 2.75) is 26.9 Å². The molecule has 0 aliphatic rings. The number of hydrogen-bond donors (Lipinski definition) is 2. The van der Waals surface area contributed by atoms with Crippen molar-refractivity contribution in [1.82, 2.24) is 30.1 Å². The van der Waals surface area contributed by atoms with Crippen LogP contribution in [0.15, 0.2) is 6.20 Å². The van der Waals surface area contributed by atoms with Crippen LogP contribution >= 0.6 is 11.6 Å². The van der Waals surface area contributed by atoms with E-state index in [4.69, 9.17) is 17.3 Å². The van der Waals surface area contributed by atoms with Gasteiger partial charge < -0.3 is 11.1 Å². The molecule has 0 atom stereocenters. The number of hydrogen-bond acceptors (Lipinski definition) is 5. The summed E-state index contributed by atoms with van der Waals surface area (Å²) in [7, 11) is 0. The lowest BCUT2D eigenvalue weighted by molar-refractivity contribution is 0.0946. The summed E-state index contributed by atoms with van der Waals surface area (Å²) in [5.41, 5.74) is 7.35. The zero-order valence-corrected chi connectivity index (χ0v) is 12.8. The molecule has 0 fully saturated rings. The van der Waals surface area contributed by atoms with Gasteiger partial charge >= 0.3 is 0 Å². The molecule has 0 spiro atoms. The van der Waals surface area contributed by atoms with Gasteiger partial charge in [-0.1, -0.05) is 16.8 Å². The summed E-state index contributed by atoms with van der Waals surface area (Å²) >= 11 is 6.07. The third-order valence-corrected chi connectivity index (χ3v) is 3.58. The first-order valence-electron chi connectivity index (χ1n) is 6.61. The molecular weight excluding hydrogens is 294 g/mol. The van der Waals surface area contributed by atoms with E-state index in [2.05, 4.69) is 20.7 Å². The highest BCUT2D eigenvalue weighted by Gasteiger charge is 2.12. The molecule has 9 heteroatoms. The van der Waals surface area contributed by atoms with Crippen molar-refractivity contribution in [2.24, 2.45) is 5.73 Å². The maximum atomic E-state index is 11.9. The summed E-state index contributed by atoms with van der Waals surface area (Å²) in [6, 6.07) is 0. The van der Waals surface area contributed by atoms with Gasteiger partial charge in [-0.2, -0.15) is 5.10 Å². The molecule has 8 nitrogen and oxygen atoms in total. The minimum atomic E-state index is -0.272. The van der Waals surface area contributed by atoms with Crippen LogP contribution in [0, 0.1) is 13.8 Å². The molecular formula is C12H18ClN7O. The van der Waals surface area contributed by atoms with Gasteiger partial charge in [-0.25, -0.2) is 0 Å². The number of nitrogens with zero attached hydrogens (tertiary/aromatic N) is 5. The highest BCUT2D eigenvalue weighted by molar-refractivity contribution is 6.31. The van der Waals surface area contributed by atoms with Crippen LogP contribution in [0.4, 0.5) is 0 Å². The quantitative estimate of drug-likeness (QED) is 0.789. The average molecular weight is 312 g/mol. The number of amides is 1. The largest absolute Gasteiger partial charge is 0.349 e. The smallest absolute Gasteiger partial charge is 0.273 e. The van der Waals surface area contributed by atoms with Crippen LogP contribution in [0.2, 0.25) is 5.02 Å². The Morgan fingerprint density at radius 1 is 1.43 bits per heavy atom. The Kier molecular flexibility index (Phi) is 4.92. The number of halogens is 1. The van der Waals surface area contributed by atoms with Crippen molar-refractivity contribution >= 4 is 17.5 Å². The minimum absolute atomic E-state index is 0.272. The number of aryl methyl sites for hydroxylation is 1. The molecule has 0 unspecified atom stereocenters. The predicted molar refractivity (Wildman–Crippen MR) is 78.1 cm³/mol. The van der Waals surface area contributed by atoms with Gasteiger partial charge in [0.15, 0.2) is 5.69 Å². The Morgan fingerprint density at radius 3 is 2.81 bits per heavy atom. The first-order chi connectivity index (χ1) is 10.0. The van der Waals surface area contributed by atoms with E-state index in [0.717, 1.165) is 11.4 Å². The van der Waals surface area contributed by atoms with Crippen molar-refractivity contribution in [3.8, 4) is 0 Å². The van der Waals surface area contributed by atoms with Gasteiger partial charge in [0.2, 0.25) is 0 Å². The zero-order chi connectivity index (χ0) is 15.4. The standard InChI is InChI=1S/C12H18ClN7O/c1-8-11(13)9(2)20(17-8)6-4-15-12(21)10-7-19(5-3-14)18-16-10/h7H,3-6,14H2,1-2H3,(H,15,21). The topological polar surface area (TPSA) is 104 Å². The highest BCUT2D eigenvalue weighted by Crippen LogP contribution is 2.18. The van der Waals surface area contributed by atoms with Gasteiger partial charge in [-0.05, 0) is 13.8 Å². The van der Waals surface area contributed by atoms with Crippen molar-refractivity contribution in [1.29, 1.82) is 0 Å². The van der Waals surface area contributed by atoms with Crippen molar-refractivity contribution in [3.63, 3.8) is 0 Å². The van der Waals surface area contributed by atoms with Gasteiger partial charge in [0.05, 0.1) is 35.7 Å². The van der Waals surface area contributed by atoms with Crippen molar-refractivity contribution in [3.05, 3.63) is 28.3 Å². The molecule has 0 aromatic carbocycles. The van der Waals surface area contributed by atoms with Gasteiger partial charge in [0, 0.05) is 13.1 Å². The summed E-state index contributed by atoms with van der Waals surface area (Å²) in [4.78, 5) is 11.9. The SMILES string of the molecule is Cc1nn(CCNC(=O)c2cn(CCN)nn2)c(C)c1Cl. The van der Waals surface area contributed by atoms with Crippen LogP contribution in [-0.4, -0.2) is 43.8 Å². The van der Waals surface area contributed by atoms with E-state index < -0.39 is 0 Å². The van der Waals surface area contributed by atoms with E-state index >= 15 is 0 Å². The van der Waals surface area contributed by atoms with Crippen LogP contribution in [0.25, 0.3) is 0 Å². The number of nitrogens with two attached hydrogens (primary N) is 1. The summed E-state index contributed by atoms with van der Waals surface area (Å²) in [6.45, 7) is 5.69. The van der Waals surface area contributed by atoms with Gasteiger partial charge in [-0.3, -0.25) is 14.2 Å². The van der Waals surface area contributed by atoms with Crippen LogP contribution in [-0.2, 0) is 13.1 Å². The Balaban J connectivity index is 1.87. The second kappa shape index (κ2) is 6.68. The highest BCUT2D eigenvalue weighted by atomic mass is 35.5. The number of nitrogens with one attached hydrogen (secondary N) is 1. The van der Waals surface area contributed by atoms with E-state index in [0.29, 0.717) is 31.2 Å². The average Bonchev–Trinajstić information content (AvgIpc) is 3.01. The van der Waals surface area contributed by atoms with E-state index in [1.54, 1.807) is 10.9 Å². The third kappa shape index (κ3) is 3.59. The maximum absolute atomic E-state index is 11.9. The van der Waals surface area contributed by atoms with Crippen molar-refractivity contribution in [2.75, 3.05) is 13.1 Å². The second-order valence-corrected chi connectivity index (χ2v) is 5.00. The lowest BCUT2D eigenvalue weighted by Gasteiger charge is -2.05. The minimum Gasteiger partial charge on any atom is -0.349 e. The maximum Gasteiger partial charge on any atom is 0.273 e. The second-order valence-electron chi connectivity index (χ2n) is 4.62. The molecule has 2 rings (SSSR count). The predicted octanol–water partition coefficient (Wildman–Crippen LogP) is 0.134. The lowest BCUT2D eigenvalue weighted by Crippen LogP contribution is -2.28. The molecule has 0 saturated carbocycles. The molecule has 0 bridgehead atoms. The molecule has 0 aliphatic heterocycles. The summed E-state index contributed by atoms with van der Waals surface area (Å²) < 4.78 is 3.30. The van der Waals surface area contributed by atoms with Crippen LogP contribution < -0.4 is 11.1 Å². The van der Waals surface area contributed by atoms with E-state index in [1.807, 2.05) is 13.8 Å². The first-order valence-corrected chi connectivity index (χ1v) is 6.98. The number of carbonyl (C=O) groups excluding carboxylic acids is 1. The van der Waals surface area contributed by atoms with E-state index in [1.165, 1.54) is 4.68 Å². The fraction of sp³-hybridized carbons (Fsp3) is 0.500. The summed E-state index contributed by atoms with van der Waals surface area (Å²) in [6.07, 6.45) is 1.57. The monoisotopic (exact) mass is 311 g/mol. The normalized spacial score (nSPS) is 10.9. The molecule has 0 saturated heterocycles. The Hall–Kier alpha value is -1.93. The van der Waals surface area contributed by atoms with Crippen LogP contribution in [0.3, 0.4) is 0 Å². The van der Waals surface area contributed by atoms with E-state index in [-0.39, 0.29) is 11.6 Å². The number of carbonyl (C=O) groups is 1. The fourth-order valence-corrected chi connectivity index (χ4v) is 2.04. The summed E-state index contributed by atoms with van der Waals surface area (Å²) in [5, 5.41) is 15.3.